The van der Waals surface area contributed by atoms with Crippen molar-refractivity contribution in [1.82, 2.24) is 0 Å². The van der Waals surface area contributed by atoms with E-state index in [2.05, 4.69) is 48.5 Å². The van der Waals surface area contributed by atoms with Gasteiger partial charge in [0.1, 0.15) is 0 Å². The molecule has 1 heteroatoms. The molecule has 0 heterocycles. The maximum Gasteiger partial charge on any atom is 0.0297 e. The molecule has 1 atom stereocenters. The van der Waals surface area contributed by atoms with Crippen LogP contribution in [0.1, 0.15) is 30.9 Å². The second kappa shape index (κ2) is 4.95. The molecular formula is C17H19N. The van der Waals surface area contributed by atoms with Gasteiger partial charge < -0.3 is 5.73 Å². The fourth-order valence-corrected chi connectivity index (χ4v) is 2.40. The van der Waals surface area contributed by atoms with Crippen molar-refractivity contribution in [2.75, 3.05) is 0 Å². The second-order valence-electron chi connectivity index (χ2n) is 5.27. The van der Waals surface area contributed by atoms with E-state index in [0.29, 0.717) is 0 Å². The molecule has 2 N–H and O–H groups in total. The lowest BCUT2D eigenvalue weighted by Gasteiger charge is -2.12. The average molecular weight is 237 g/mol. The van der Waals surface area contributed by atoms with Crippen LogP contribution in [-0.2, 0) is 0 Å². The summed E-state index contributed by atoms with van der Waals surface area (Å²) in [5, 5.41) is 0. The lowest BCUT2D eigenvalue weighted by Crippen LogP contribution is -2.10. The van der Waals surface area contributed by atoms with E-state index in [1.165, 1.54) is 29.5 Å². The predicted molar refractivity (Wildman–Crippen MR) is 76.1 cm³/mol. The molecule has 0 bridgehead atoms. The minimum Gasteiger partial charge on any atom is -0.324 e. The van der Waals surface area contributed by atoms with E-state index < -0.39 is 0 Å². The third kappa shape index (κ3) is 2.62. The quantitative estimate of drug-likeness (QED) is 0.849. The SMILES string of the molecule is NC(CC1CC1)c1ccc(-c2ccccc2)cc1. The summed E-state index contributed by atoms with van der Waals surface area (Å²) < 4.78 is 0. The van der Waals surface area contributed by atoms with E-state index in [1.54, 1.807) is 0 Å². The predicted octanol–water partition coefficient (Wildman–Crippen LogP) is 4.15. The molecule has 0 saturated heterocycles. The minimum absolute atomic E-state index is 0.210. The van der Waals surface area contributed by atoms with Crippen molar-refractivity contribution in [3.63, 3.8) is 0 Å². The van der Waals surface area contributed by atoms with Gasteiger partial charge in [0.2, 0.25) is 0 Å². The topological polar surface area (TPSA) is 26.0 Å². The Morgan fingerprint density at radius 1 is 0.889 bits per heavy atom. The van der Waals surface area contributed by atoms with Crippen LogP contribution in [0, 0.1) is 5.92 Å². The molecule has 18 heavy (non-hydrogen) atoms. The van der Waals surface area contributed by atoms with Crippen molar-refractivity contribution in [2.45, 2.75) is 25.3 Å². The van der Waals surface area contributed by atoms with Crippen LogP contribution in [0.25, 0.3) is 11.1 Å². The molecule has 2 aromatic rings. The molecule has 1 nitrogen and oxygen atoms in total. The van der Waals surface area contributed by atoms with Crippen molar-refractivity contribution in [2.24, 2.45) is 11.7 Å². The molecule has 2 aromatic carbocycles. The standard InChI is InChI=1S/C17H19N/c18-17(12-13-6-7-13)16-10-8-15(9-11-16)14-4-2-1-3-5-14/h1-5,8-11,13,17H,6-7,12,18H2. The highest BCUT2D eigenvalue weighted by Crippen LogP contribution is 2.36. The molecule has 1 fully saturated rings. The highest BCUT2D eigenvalue weighted by molar-refractivity contribution is 5.63. The van der Waals surface area contributed by atoms with Gasteiger partial charge in [0.15, 0.2) is 0 Å². The van der Waals surface area contributed by atoms with Gasteiger partial charge in [0, 0.05) is 6.04 Å². The van der Waals surface area contributed by atoms with Gasteiger partial charge in [0.05, 0.1) is 0 Å². The second-order valence-corrected chi connectivity index (χ2v) is 5.27. The number of rotatable bonds is 4. The number of benzene rings is 2. The Bertz CT molecular complexity index is 497. The number of nitrogens with two attached hydrogens (primary N) is 1. The van der Waals surface area contributed by atoms with Gasteiger partial charge in [-0.15, -0.1) is 0 Å². The largest absolute Gasteiger partial charge is 0.324 e. The lowest BCUT2D eigenvalue weighted by atomic mass is 9.98. The van der Waals surface area contributed by atoms with Gasteiger partial charge in [-0.3, -0.25) is 0 Å². The Morgan fingerprint density at radius 3 is 2.11 bits per heavy atom. The Hall–Kier alpha value is -1.60. The highest BCUT2D eigenvalue weighted by atomic mass is 14.6. The smallest absolute Gasteiger partial charge is 0.0297 e. The van der Waals surface area contributed by atoms with Crippen molar-refractivity contribution in [3.8, 4) is 11.1 Å². The summed E-state index contributed by atoms with van der Waals surface area (Å²) in [6.45, 7) is 0. The maximum atomic E-state index is 6.22. The molecule has 0 aromatic heterocycles. The Labute approximate surface area is 109 Å². The first kappa shape index (κ1) is 11.5. The van der Waals surface area contributed by atoms with E-state index in [4.69, 9.17) is 5.73 Å². The Morgan fingerprint density at radius 2 is 1.50 bits per heavy atom. The summed E-state index contributed by atoms with van der Waals surface area (Å²) in [6, 6.07) is 19.4. The Balaban J connectivity index is 1.76. The summed E-state index contributed by atoms with van der Waals surface area (Å²) in [5.74, 6) is 0.883. The third-order valence-corrected chi connectivity index (χ3v) is 3.73. The molecule has 0 aliphatic heterocycles. The zero-order valence-electron chi connectivity index (χ0n) is 10.5. The fraction of sp³-hybridized carbons (Fsp3) is 0.294. The molecule has 1 aliphatic rings. The normalized spacial score (nSPS) is 16.5. The first-order valence-corrected chi connectivity index (χ1v) is 6.74. The van der Waals surface area contributed by atoms with Gasteiger partial charge in [-0.25, -0.2) is 0 Å². The van der Waals surface area contributed by atoms with Gasteiger partial charge in [-0.1, -0.05) is 67.4 Å². The van der Waals surface area contributed by atoms with Crippen LogP contribution in [0.5, 0.6) is 0 Å². The van der Waals surface area contributed by atoms with E-state index in [0.717, 1.165) is 12.3 Å². The first-order valence-electron chi connectivity index (χ1n) is 6.74. The van der Waals surface area contributed by atoms with Gasteiger partial charge in [-0.2, -0.15) is 0 Å². The summed E-state index contributed by atoms with van der Waals surface area (Å²) in [4.78, 5) is 0. The minimum atomic E-state index is 0.210. The molecular weight excluding hydrogens is 218 g/mol. The maximum absolute atomic E-state index is 6.22. The van der Waals surface area contributed by atoms with Crippen LogP contribution in [-0.4, -0.2) is 0 Å². The monoisotopic (exact) mass is 237 g/mol. The van der Waals surface area contributed by atoms with E-state index in [-0.39, 0.29) is 6.04 Å². The Kier molecular flexibility index (Phi) is 3.16. The van der Waals surface area contributed by atoms with E-state index >= 15 is 0 Å². The van der Waals surface area contributed by atoms with Crippen LogP contribution in [0.2, 0.25) is 0 Å². The summed E-state index contributed by atoms with van der Waals surface area (Å²) in [5.41, 5.74) is 10.0. The highest BCUT2D eigenvalue weighted by Gasteiger charge is 2.24. The number of hydrogen-bond donors (Lipinski definition) is 1. The molecule has 1 aliphatic carbocycles. The van der Waals surface area contributed by atoms with Crippen LogP contribution in [0.3, 0.4) is 0 Å². The van der Waals surface area contributed by atoms with Gasteiger partial charge in [0.25, 0.3) is 0 Å². The lowest BCUT2D eigenvalue weighted by molar-refractivity contribution is 0.597. The molecule has 3 rings (SSSR count). The van der Waals surface area contributed by atoms with Crippen LogP contribution < -0.4 is 5.73 Å². The van der Waals surface area contributed by atoms with Crippen molar-refractivity contribution in [1.29, 1.82) is 0 Å². The van der Waals surface area contributed by atoms with Crippen LogP contribution >= 0.6 is 0 Å². The van der Waals surface area contributed by atoms with E-state index in [1.807, 2.05) is 6.07 Å². The van der Waals surface area contributed by atoms with Crippen molar-refractivity contribution < 1.29 is 0 Å². The van der Waals surface area contributed by atoms with E-state index in [9.17, 15) is 0 Å². The molecule has 92 valence electrons. The molecule has 1 unspecified atom stereocenters. The zero-order valence-corrected chi connectivity index (χ0v) is 10.5. The molecule has 0 radical (unpaired) electrons. The molecule has 1 saturated carbocycles. The number of hydrogen-bond acceptors (Lipinski definition) is 1. The summed E-state index contributed by atoms with van der Waals surface area (Å²) in [6.07, 6.45) is 3.89. The van der Waals surface area contributed by atoms with Crippen LogP contribution in [0.4, 0.5) is 0 Å². The molecule has 0 spiro atoms. The fourth-order valence-electron chi connectivity index (χ4n) is 2.40. The van der Waals surface area contributed by atoms with Crippen LogP contribution in [0.15, 0.2) is 54.6 Å². The summed E-state index contributed by atoms with van der Waals surface area (Å²) in [7, 11) is 0. The van der Waals surface area contributed by atoms with Gasteiger partial charge >= 0.3 is 0 Å². The third-order valence-electron chi connectivity index (χ3n) is 3.73. The van der Waals surface area contributed by atoms with Crippen molar-refractivity contribution in [3.05, 3.63) is 60.2 Å². The summed E-state index contributed by atoms with van der Waals surface area (Å²) >= 11 is 0. The zero-order chi connectivity index (χ0) is 12.4. The molecule has 0 amide bonds. The van der Waals surface area contributed by atoms with Gasteiger partial charge in [-0.05, 0) is 29.0 Å². The first-order chi connectivity index (χ1) is 8.83. The van der Waals surface area contributed by atoms with Crippen molar-refractivity contribution >= 4 is 0 Å². The average Bonchev–Trinajstić information content (AvgIpc) is 3.24.